The molecule has 30 heavy (non-hydrogen) atoms. The number of carbonyl (C=O) groups is 2. The Bertz CT molecular complexity index is 880. The van der Waals surface area contributed by atoms with Crippen molar-refractivity contribution >= 4 is 23.2 Å². The molecule has 2 aliphatic heterocycles. The van der Waals surface area contributed by atoms with Gasteiger partial charge in [0.25, 0.3) is 11.8 Å². The van der Waals surface area contributed by atoms with Gasteiger partial charge in [0.15, 0.2) is 18.1 Å². The number of methoxy groups -OCH3 is 1. The molecular weight excluding hydrogens is 404 g/mol. The lowest BCUT2D eigenvalue weighted by Crippen LogP contribution is -2.43. The highest BCUT2D eigenvalue weighted by atomic mass is 32.1. The number of morpholine rings is 1. The van der Waals surface area contributed by atoms with Crippen LogP contribution in [0.15, 0.2) is 35.7 Å². The molecule has 8 heteroatoms. The summed E-state index contributed by atoms with van der Waals surface area (Å²) in [5.74, 6) is 0.797. The molecule has 2 aliphatic rings. The maximum absolute atomic E-state index is 13.2. The average Bonchev–Trinajstić information content (AvgIpc) is 3.49. The number of thiophene rings is 1. The molecule has 0 aliphatic carbocycles. The summed E-state index contributed by atoms with van der Waals surface area (Å²) in [4.78, 5) is 30.4. The van der Waals surface area contributed by atoms with Crippen LogP contribution in [-0.4, -0.2) is 68.2 Å². The second-order valence-electron chi connectivity index (χ2n) is 7.32. The quantitative estimate of drug-likeness (QED) is 0.705. The van der Waals surface area contributed by atoms with Gasteiger partial charge >= 0.3 is 0 Å². The van der Waals surface area contributed by atoms with Crippen molar-refractivity contribution in [1.29, 1.82) is 0 Å². The molecule has 0 bridgehead atoms. The van der Waals surface area contributed by atoms with E-state index in [-0.39, 0.29) is 24.5 Å². The van der Waals surface area contributed by atoms with Gasteiger partial charge in [0, 0.05) is 30.1 Å². The number of likely N-dealkylation sites (tertiary alicyclic amines) is 1. The molecule has 7 nitrogen and oxygen atoms in total. The van der Waals surface area contributed by atoms with Gasteiger partial charge in [0.05, 0.1) is 26.4 Å². The van der Waals surface area contributed by atoms with Crippen molar-refractivity contribution in [2.75, 3.05) is 46.6 Å². The van der Waals surface area contributed by atoms with Crippen LogP contribution in [0.5, 0.6) is 11.5 Å². The normalized spacial score (nSPS) is 19.0. The molecule has 1 aromatic carbocycles. The third kappa shape index (κ3) is 4.44. The fraction of sp³-hybridized carbons (Fsp3) is 0.455. The maximum Gasteiger partial charge on any atom is 0.260 e. The lowest BCUT2D eigenvalue weighted by Gasteiger charge is -2.27. The van der Waals surface area contributed by atoms with Crippen molar-refractivity contribution in [3.05, 3.63) is 46.2 Å². The van der Waals surface area contributed by atoms with Crippen molar-refractivity contribution in [3.8, 4) is 11.5 Å². The highest BCUT2D eigenvalue weighted by molar-refractivity contribution is 7.10. The lowest BCUT2D eigenvalue weighted by molar-refractivity contribution is -0.137. The third-order valence-corrected chi connectivity index (χ3v) is 6.48. The Morgan fingerprint density at radius 2 is 2.00 bits per heavy atom. The molecule has 4 rings (SSSR count). The van der Waals surface area contributed by atoms with Crippen LogP contribution < -0.4 is 9.47 Å². The molecular formula is C22H26N2O5S. The van der Waals surface area contributed by atoms with Gasteiger partial charge in [0.2, 0.25) is 0 Å². The summed E-state index contributed by atoms with van der Waals surface area (Å²) >= 11 is 1.69. The summed E-state index contributed by atoms with van der Waals surface area (Å²) < 4.78 is 16.4. The van der Waals surface area contributed by atoms with E-state index in [1.54, 1.807) is 34.4 Å². The van der Waals surface area contributed by atoms with Gasteiger partial charge in [0.1, 0.15) is 0 Å². The van der Waals surface area contributed by atoms with Crippen LogP contribution in [0.2, 0.25) is 0 Å². The Labute approximate surface area is 180 Å². The van der Waals surface area contributed by atoms with Gasteiger partial charge in [-0.25, -0.2) is 0 Å². The van der Waals surface area contributed by atoms with Crippen LogP contribution in [0.3, 0.4) is 0 Å². The van der Waals surface area contributed by atoms with Crippen molar-refractivity contribution in [3.63, 3.8) is 0 Å². The Balaban J connectivity index is 1.44. The highest BCUT2D eigenvalue weighted by Crippen LogP contribution is 2.36. The van der Waals surface area contributed by atoms with E-state index in [0.717, 1.165) is 19.4 Å². The predicted octanol–water partition coefficient (Wildman–Crippen LogP) is 2.97. The smallest absolute Gasteiger partial charge is 0.260 e. The standard InChI is InChI=1S/C22H26N2O5S/c1-27-19-14-16(22(26)24-8-2-4-17(24)20-5-3-13-30-20)6-7-18(19)29-15-21(25)23-9-11-28-12-10-23/h3,5-7,13-14,17H,2,4,8-12,15H2,1H3/t17-/m0/s1. The zero-order chi connectivity index (χ0) is 20.9. The monoisotopic (exact) mass is 430 g/mol. The first-order valence-corrected chi connectivity index (χ1v) is 11.1. The van der Waals surface area contributed by atoms with E-state index < -0.39 is 0 Å². The largest absolute Gasteiger partial charge is 0.493 e. The van der Waals surface area contributed by atoms with Crippen LogP contribution in [0.1, 0.15) is 34.1 Å². The van der Waals surface area contributed by atoms with E-state index in [0.29, 0.717) is 43.4 Å². The molecule has 160 valence electrons. The highest BCUT2D eigenvalue weighted by Gasteiger charge is 2.31. The minimum Gasteiger partial charge on any atom is -0.493 e. The Hall–Kier alpha value is -2.58. The Kier molecular flexibility index (Phi) is 6.54. The molecule has 0 saturated carbocycles. The fourth-order valence-corrected chi connectivity index (χ4v) is 4.79. The molecule has 1 aromatic heterocycles. The zero-order valence-corrected chi connectivity index (χ0v) is 17.9. The number of amides is 2. The van der Waals surface area contributed by atoms with E-state index in [1.807, 2.05) is 16.3 Å². The summed E-state index contributed by atoms with van der Waals surface area (Å²) in [6, 6.07) is 9.38. The second kappa shape index (κ2) is 9.49. The SMILES string of the molecule is COc1cc(C(=O)N2CCC[C@H]2c2cccs2)ccc1OCC(=O)N1CCOCC1. The van der Waals surface area contributed by atoms with Crippen molar-refractivity contribution in [2.45, 2.75) is 18.9 Å². The van der Waals surface area contributed by atoms with Crippen molar-refractivity contribution in [2.24, 2.45) is 0 Å². The predicted molar refractivity (Wildman–Crippen MR) is 113 cm³/mol. The first-order valence-electron chi connectivity index (χ1n) is 10.2. The van der Waals surface area contributed by atoms with E-state index >= 15 is 0 Å². The summed E-state index contributed by atoms with van der Waals surface area (Å²) in [6.07, 6.45) is 1.98. The van der Waals surface area contributed by atoms with E-state index in [2.05, 4.69) is 6.07 Å². The van der Waals surface area contributed by atoms with E-state index in [1.165, 1.54) is 12.0 Å². The second-order valence-corrected chi connectivity index (χ2v) is 8.30. The van der Waals surface area contributed by atoms with Crippen LogP contribution in [0, 0.1) is 0 Å². The Morgan fingerprint density at radius 3 is 2.73 bits per heavy atom. The number of carbonyl (C=O) groups excluding carboxylic acids is 2. The van der Waals surface area contributed by atoms with Crippen molar-refractivity contribution in [1.82, 2.24) is 9.80 Å². The number of hydrogen-bond acceptors (Lipinski definition) is 6. The maximum atomic E-state index is 13.2. The summed E-state index contributed by atoms with van der Waals surface area (Å²) in [7, 11) is 1.53. The number of rotatable bonds is 6. The third-order valence-electron chi connectivity index (χ3n) is 5.51. The molecule has 2 saturated heterocycles. The van der Waals surface area contributed by atoms with Gasteiger partial charge in [-0.1, -0.05) is 6.07 Å². The average molecular weight is 431 g/mol. The van der Waals surface area contributed by atoms with Crippen molar-refractivity contribution < 1.29 is 23.8 Å². The summed E-state index contributed by atoms with van der Waals surface area (Å²) in [5, 5.41) is 2.05. The summed E-state index contributed by atoms with van der Waals surface area (Å²) in [5.41, 5.74) is 0.558. The van der Waals surface area contributed by atoms with Crippen LogP contribution in [0.4, 0.5) is 0 Å². The van der Waals surface area contributed by atoms with E-state index in [9.17, 15) is 9.59 Å². The minimum atomic E-state index is -0.0867. The van der Waals surface area contributed by atoms with Gasteiger partial charge in [-0.2, -0.15) is 0 Å². The molecule has 0 N–H and O–H groups in total. The molecule has 0 spiro atoms. The molecule has 2 amide bonds. The molecule has 3 heterocycles. The van der Waals surface area contributed by atoms with Gasteiger partial charge in [-0.05, 0) is 42.5 Å². The number of benzene rings is 1. The topological polar surface area (TPSA) is 68.3 Å². The van der Waals surface area contributed by atoms with Crippen LogP contribution >= 0.6 is 11.3 Å². The Morgan fingerprint density at radius 1 is 1.17 bits per heavy atom. The molecule has 1 atom stereocenters. The first kappa shape index (κ1) is 20.7. The number of nitrogens with zero attached hydrogens (tertiary/aromatic N) is 2. The van der Waals surface area contributed by atoms with Gasteiger partial charge in [-0.15, -0.1) is 11.3 Å². The molecule has 0 radical (unpaired) electrons. The summed E-state index contributed by atoms with van der Waals surface area (Å²) in [6.45, 7) is 2.93. The van der Waals surface area contributed by atoms with Crippen LogP contribution in [-0.2, 0) is 9.53 Å². The lowest BCUT2D eigenvalue weighted by atomic mass is 10.1. The molecule has 0 unspecified atom stereocenters. The number of hydrogen-bond donors (Lipinski definition) is 0. The minimum absolute atomic E-state index is 0.0138. The zero-order valence-electron chi connectivity index (χ0n) is 17.0. The fourth-order valence-electron chi connectivity index (χ4n) is 3.92. The van der Waals surface area contributed by atoms with Crippen LogP contribution in [0.25, 0.3) is 0 Å². The van der Waals surface area contributed by atoms with Gasteiger partial charge in [-0.3, -0.25) is 9.59 Å². The molecule has 2 aromatic rings. The first-order chi connectivity index (χ1) is 14.7. The van der Waals surface area contributed by atoms with Gasteiger partial charge < -0.3 is 24.0 Å². The number of ether oxygens (including phenoxy) is 3. The van der Waals surface area contributed by atoms with E-state index in [4.69, 9.17) is 14.2 Å². The molecule has 2 fully saturated rings.